The minimum Gasteiger partial charge on any atom is -0.492 e. The topological polar surface area (TPSA) is 84.3 Å². The van der Waals surface area contributed by atoms with Crippen LogP contribution in [0.1, 0.15) is 20.3 Å². The number of nitrogens with zero attached hydrogens (tertiary/aromatic N) is 1. The van der Waals surface area contributed by atoms with E-state index in [1.54, 1.807) is 4.98 Å². The van der Waals surface area contributed by atoms with Crippen molar-refractivity contribution in [2.45, 2.75) is 26.8 Å². The highest BCUT2D eigenvalue weighted by Gasteiger charge is 2.12. The molecule has 1 aromatic heterocycles. The first kappa shape index (κ1) is 14.4. The maximum atomic E-state index is 13.1. The zero-order valence-electron chi connectivity index (χ0n) is 10.4. The van der Waals surface area contributed by atoms with Gasteiger partial charge in [-0.2, -0.15) is 4.39 Å². The zero-order valence-corrected chi connectivity index (χ0v) is 10.4. The Morgan fingerprint density at radius 2 is 2.11 bits per heavy atom. The molecule has 0 spiro atoms. The number of ether oxygens (including phenoxy) is 1. The van der Waals surface area contributed by atoms with E-state index >= 15 is 0 Å². The molecule has 102 valence electrons. The molecule has 0 saturated carbocycles. The molecule has 6 nitrogen and oxygen atoms in total. The minimum absolute atomic E-state index is 0.0798. The van der Waals surface area contributed by atoms with Crippen molar-refractivity contribution in [1.29, 1.82) is 0 Å². The number of rotatable bonds is 6. The van der Waals surface area contributed by atoms with Gasteiger partial charge in [-0.3, -0.25) is 14.3 Å². The first-order chi connectivity index (χ1) is 8.43. The second kappa shape index (κ2) is 6.34. The van der Waals surface area contributed by atoms with Gasteiger partial charge < -0.3 is 9.84 Å². The normalized spacial score (nSPS) is 11.1. The van der Waals surface area contributed by atoms with Crippen LogP contribution in [0.15, 0.2) is 9.59 Å². The van der Waals surface area contributed by atoms with Gasteiger partial charge in [0.25, 0.3) is 5.56 Å². The SMILES string of the molecule is CC(C)COCCCn1c(O)c(F)c(=O)[nH]c1=O. The van der Waals surface area contributed by atoms with E-state index < -0.39 is 22.9 Å². The molecule has 0 fully saturated rings. The third-order valence-corrected chi connectivity index (χ3v) is 2.24. The van der Waals surface area contributed by atoms with Crippen molar-refractivity contribution in [3.05, 3.63) is 26.7 Å². The summed E-state index contributed by atoms with van der Waals surface area (Å²) in [6, 6.07) is 0. The first-order valence-corrected chi connectivity index (χ1v) is 5.72. The highest BCUT2D eigenvalue weighted by molar-refractivity contribution is 5.09. The van der Waals surface area contributed by atoms with E-state index in [4.69, 9.17) is 4.74 Å². The molecule has 0 saturated heterocycles. The molecule has 0 unspecified atom stereocenters. The van der Waals surface area contributed by atoms with Crippen molar-refractivity contribution in [3.63, 3.8) is 0 Å². The van der Waals surface area contributed by atoms with Crippen LogP contribution in [0.5, 0.6) is 5.88 Å². The lowest BCUT2D eigenvalue weighted by molar-refractivity contribution is 0.104. The molecule has 0 aromatic carbocycles. The van der Waals surface area contributed by atoms with Crippen LogP contribution in [-0.2, 0) is 11.3 Å². The molecule has 0 amide bonds. The molecular formula is C11H17FN2O4. The molecule has 2 N–H and O–H groups in total. The van der Waals surface area contributed by atoms with E-state index in [1.807, 2.05) is 13.8 Å². The second-order valence-electron chi connectivity index (χ2n) is 4.37. The van der Waals surface area contributed by atoms with Crippen LogP contribution in [-0.4, -0.2) is 27.9 Å². The largest absolute Gasteiger partial charge is 0.492 e. The Labute approximate surface area is 103 Å². The summed E-state index contributed by atoms with van der Waals surface area (Å²) in [5.74, 6) is -1.88. The summed E-state index contributed by atoms with van der Waals surface area (Å²) >= 11 is 0. The van der Waals surface area contributed by atoms with Crippen LogP contribution in [0.4, 0.5) is 4.39 Å². The number of hydrogen-bond acceptors (Lipinski definition) is 4. The average Bonchev–Trinajstić information content (AvgIpc) is 2.29. The fourth-order valence-electron chi connectivity index (χ4n) is 1.39. The summed E-state index contributed by atoms with van der Waals surface area (Å²) in [4.78, 5) is 23.9. The van der Waals surface area contributed by atoms with Gasteiger partial charge in [-0.05, 0) is 12.3 Å². The van der Waals surface area contributed by atoms with E-state index in [9.17, 15) is 19.1 Å². The molecule has 1 rings (SSSR count). The van der Waals surface area contributed by atoms with Gasteiger partial charge in [0.05, 0.1) is 0 Å². The van der Waals surface area contributed by atoms with Gasteiger partial charge in [-0.15, -0.1) is 0 Å². The lowest BCUT2D eigenvalue weighted by Crippen LogP contribution is -2.32. The van der Waals surface area contributed by atoms with Gasteiger partial charge in [0.15, 0.2) is 0 Å². The van der Waals surface area contributed by atoms with E-state index in [-0.39, 0.29) is 6.54 Å². The quantitative estimate of drug-likeness (QED) is 0.727. The molecule has 0 bridgehead atoms. The van der Waals surface area contributed by atoms with E-state index in [0.29, 0.717) is 25.6 Å². The third-order valence-electron chi connectivity index (χ3n) is 2.24. The van der Waals surface area contributed by atoms with Crippen molar-refractivity contribution in [2.24, 2.45) is 5.92 Å². The number of hydrogen-bond donors (Lipinski definition) is 2. The Morgan fingerprint density at radius 1 is 1.44 bits per heavy atom. The van der Waals surface area contributed by atoms with Crippen molar-refractivity contribution in [2.75, 3.05) is 13.2 Å². The molecule has 0 aliphatic heterocycles. The van der Waals surface area contributed by atoms with Gasteiger partial charge >= 0.3 is 5.69 Å². The van der Waals surface area contributed by atoms with Gasteiger partial charge in [0.1, 0.15) is 0 Å². The maximum Gasteiger partial charge on any atom is 0.331 e. The zero-order chi connectivity index (χ0) is 13.7. The molecule has 0 aliphatic carbocycles. The number of H-pyrrole nitrogens is 1. The summed E-state index contributed by atoms with van der Waals surface area (Å²) < 4.78 is 19.1. The van der Waals surface area contributed by atoms with Crippen molar-refractivity contribution in [3.8, 4) is 5.88 Å². The third kappa shape index (κ3) is 3.69. The molecule has 0 aliphatic rings. The number of aromatic hydroxyl groups is 1. The van der Waals surface area contributed by atoms with Crippen LogP contribution in [0, 0.1) is 11.7 Å². The van der Waals surface area contributed by atoms with Gasteiger partial charge in [0, 0.05) is 19.8 Å². The Hall–Kier alpha value is -1.63. The van der Waals surface area contributed by atoms with Gasteiger partial charge in [-0.1, -0.05) is 13.8 Å². The monoisotopic (exact) mass is 260 g/mol. The number of aromatic amines is 1. The number of aromatic nitrogens is 2. The van der Waals surface area contributed by atoms with E-state index in [2.05, 4.69) is 0 Å². The van der Waals surface area contributed by atoms with Gasteiger partial charge in [-0.25, -0.2) is 4.79 Å². The van der Waals surface area contributed by atoms with Crippen LogP contribution in [0.25, 0.3) is 0 Å². The van der Waals surface area contributed by atoms with Crippen LogP contribution >= 0.6 is 0 Å². The molecular weight excluding hydrogens is 243 g/mol. The predicted octanol–water partition coefficient (Wildman–Crippen LogP) is 0.444. The highest BCUT2D eigenvalue weighted by atomic mass is 19.1. The smallest absolute Gasteiger partial charge is 0.331 e. The second-order valence-corrected chi connectivity index (χ2v) is 4.37. The molecule has 0 radical (unpaired) electrons. The molecule has 1 heterocycles. The summed E-state index contributed by atoms with van der Waals surface area (Å²) in [5, 5.41) is 9.33. The average molecular weight is 260 g/mol. The maximum absolute atomic E-state index is 13.1. The summed E-state index contributed by atoms with van der Waals surface area (Å²) in [6.45, 7) is 5.09. The van der Waals surface area contributed by atoms with Crippen molar-refractivity contribution >= 4 is 0 Å². The van der Waals surface area contributed by atoms with Gasteiger partial charge in [0.2, 0.25) is 11.7 Å². The Morgan fingerprint density at radius 3 is 2.72 bits per heavy atom. The summed E-state index contributed by atoms with van der Waals surface area (Å²) in [5.41, 5.74) is -2.05. The molecule has 7 heteroatoms. The van der Waals surface area contributed by atoms with Crippen LogP contribution in [0.2, 0.25) is 0 Å². The highest BCUT2D eigenvalue weighted by Crippen LogP contribution is 2.07. The first-order valence-electron chi connectivity index (χ1n) is 5.72. The fourth-order valence-corrected chi connectivity index (χ4v) is 1.39. The number of nitrogens with one attached hydrogen (secondary N) is 1. The fraction of sp³-hybridized carbons (Fsp3) is 0.636. The van der Waals surface area contributed by atoms with Crippen LogP contribution in [0.3, 0.4) is 0 Å². The summed E-state index contributed by atoms with van der Waals surface area (Å²) in [6.07, 6.45) is 0.436. The van der Waals surface area contributed by atoms with Crippen molar-refractivity contribution < 1.29 is 14.2 Å². The Bertz CT molecular complexity index is 507. The molecule has 18 heavy (non-hydrogen) atoms. The van der Waals surface area contributed by atoms with Crippen molar-refractivity contribution in [1.82, 2.24) is 9.55 Å². The van der Waals surface area contributed by atoms with Crippen LogP contribution < -0.4 is 11.2 Å². The minimum atomic E-state index is -1.35. The Kier molecular flexibility index (Phi) is 5.08. The molecule has 0 atom stereocenters. The molecule has 1 aromatic rings. The summed E-state index contributed by atoms with van der Waals surface area (Å²) in [7, 11) is 0. The van der Waals surface area contributed by atoms with E-state index in [1.165, 1.54) is 0 Å². The standard InChI is InChI=1S/C11H17FN2O4/c1-7(2)6-18-5-3-4-14-10(16)8(12)9(15)13-11(14)17/h7,16H,3-6H2,1-2H3,(H,13,15,17). The van der Waals surface area contributed by atoms with E-state index in [0.717, 1.165) is 4.57 Å². The lowest BCUT2D eigenvalue weighted by atomic mass is 10.2. The predicted molar refractivity (Wildman–Crippen MR) is 63.2 cm³/mol. The Balaban J connectivity index is 2.61. The lowest BCUT2D eigenvalue weighted by Gasteiger charge is -2.09. The number of halogens is 1.